The summed E-state index contributed by atoms with van der Waals surface area (Å²) in [5.41, 5.74) is 7.28. The van der Waals surface area contributed by atoms with Crippen molar-refractivity contribution in [1.29, 1.82) is 0 Å². The molecule has 4 nitrogen and oxygen atoms in total. The fourth-order valence-electron chi connectivity index (χ4n) is 2.00. The maximum atomic E-state index is 12.6. The molecule has 2 aromatic rings. The van der Waals surface area contributed by atoms with E-state index in [0.29, 0.717) is 28.7 Å². The number of rotatable bonds is 4. The number of halogens is 3. The van der Waals surface area contributed by atoms with Crippen molar-refractivity contribution >= 4 is 22.2 Å². The standard InChI is InChI=1S/C13H13F3N4S/c14-13(15,16)11-18-19-12(21-11)20(10-5-6-10)7-8-1-3-9(17)4-2-8/h1-4,10H,5-7,17H2. The van der Waals surface area contributed by atoms with Crippen LogP contribution in [-0.4, -0.2) is 16.2 Å². The van der Waals surface area contributed by atoms with Gasteiger partial charge in [-0.2, -0.15) is 13.2 Å². The van der Waals surface area contributed by atoms with Gasteiger partial charge in [-0.15, -0.1) is 10.2 Å². The molecule has 0 radical (unpaired) electrons. The summed E-state index contributed by atoms with van der Waals surface area (Å²) in [6, 6.07) is 7.55. The van der Waals surface area contributed by atoms with Crippen LogP contribution in [0.3, 0.4) is 0 Å². The maximum absolute atomic E-state index is 12.6. The zero-order valence-corrected chi connectivity index (χ0v) is 11.8. The highest BCUT2D eigenvalue weighted by Gasteiger charge is 2.38. The summed E-state index contributed by atoms with van der Waals surface area (Å²) >= 11 is 0.593. The van der Waals surface area contributed by atoms with Gasteiger partial charge in [0, 0.05) is 18.3 Å². The normalized spacial score (nSPS) is 15.2. The number of aromatic nitrogens is 2. The Balaban J connectivity index is 1.81. The van der Waals surface area contributed by atoms with Crippen LogP contribution in [0.15, 0.2) is 24.3 Å². The molecule has 1 aliphatic carbocycles. The molecule has 0 unspecified atom stereocenters. The maximum Gasteiger partial charge on any atom is 0.445 e. The predicted octanol–water partition coefficient (Wildman–Crippen LogP) is 3.31. The Morgan fingerprint density at radius 1 is 1.19 bits per heavy atom. The second-order valence-corrected chi connectivity index (χ2v) is 5.94. The Labute approximate surface area is 123 Å². The van der Waals surface area contributed by atoms with Crippen molar-refractivity contribution in [3.8, 4) is 0 Å². The second-order valence-electron chi connectivity index (χ2n) is 4.99. The average molecular weight is 314 g/mol. The minimum Gasteiger partial charge on any atom is -0.399 e. The van der Waals surface area contributed by atoms with Crippen LogP contribution in [0, 0.1) is 0 Å². The molecule has 8 heteroatoms. The topological polar surface area (TPSA) is 55.0 Å². The van der Waals surface area contributed by atoms with E-state index >= 15 is 0 Å². The highest BCUT2D eigenvalue weighted by atomic mass is 32.1. The molecule has 1 aromatic heterocycles. The average Bonchev–Trinajstić information content (AvgIpc) is 3.12. The van der Waals surface area contributed by atoms with E-state index in [4.69, 9.17) is 5.73 Å². The summed E-state index contributed by atoms with van der Waals surface area (Å²) < 4.78 is 37.9. The lowest BCUT2D eigenvalue weighted by atomic mass is 10.2. The van der Waals surface area contributed by atoms with Crippen LogP contribution in [0.5, 0.6) is 0 Å². The number of nitrogens with two attached hydrogens (primary N) is 1. The zero-order chi connectivity index (χ0) is 15.0. The van der Waals surface area contributed by atoms with E-state index in [1.54, 1.807) is 12.1 Å². The largest absolute Gasteiger partial charge is 0.445 e. The summed E-state index contributed by atoms with van der Waals surface area (Å²) in [5.74, 6) is 0. The molecule has 0 spiro atoms. The molecule has 3 rings (SSSR count). The van der Waals surface area contributed by atoms with Gasteiger partial charge in [0.2, 0.25) is 10.1 Å². The van der Waals surface area contributed by atoms with Crippen LogP contribution < -0.4 is 10.6 Å². The van der Waals surface area contributed by atoms with Gasteiger partial charge in [0.15, 0.2) is 0 Å². The van der Waals surface area contributed by atoms with Crippen LogP contribution in [0.1, 0.15) is 23.4 Å². The van der Waals surface area contributed by atoms with Crippen LogP contribution in [-0.2, 0) is 12.7 Å². The zero-order valence-electron chi connectivity index (χ0n) is 11.0. The highest BCUT2D eigenvalue weighted by Crippen LogP contribution is 2.38. The molecule has 21 heavy (non-hydrogen) atoms. The Morgan fingerprint density at radius 2 is 1.86 bits per heavy atom. The lowest BCUT2D eigenvalue weighted by Gasteiger charge is -2.21. The van der Waals surface area contributed by atoms with Gasteiger partial charge in [-0.3, -0.25) is 0 Å². The number of alkyl halides is 3. The van der Waals surface area contributed by atoms with Crippen molar-refractivity contribution in [2.24, 2.45) is 0 Å². The Morgan fingerprint density at radius 3 is 2.38 bits per heavy atom. The lowest BCUT2D eigenvalue weighted by Crippen LogP contribution is -2.24. The summed E-state index contributed by atoms with van der Waals surface area (Å²) in [5, 5.41) is 6.38. The minimum absolute atomic E-state index is 0.247. The molecule has 1 heterocycles. The third-order valence-electron chi connectivity index (χ3n) is 3.22. The predicted molar refractivity (Wildman–Crippen MR) is 75.0 cm³/mol. The van der Waals surface area contributed by atoms with Gasteiger partial charge in [0.05, 0.1) is 0 Å². The number of hydrogen-bond acceptors (Lipinski definition) is 5. The summed E-state index contributed by atoms with van der Waals surface area (Å²) in [6.45, 7) is 0.511. The van der Waals surface area contributed by atoms with Crippen molar-refractivity contribution < 1.29 is 13.2 Å². The molecule has 1 saturated carbocycles. The van der Waals surface area contributed by atoms with E-state index in [-0.39, 0.29) is 6.04 Å². The number of hydrogen-bond donors (Lipinski definition) is 1. The number of benzene rings is 1. The van der Waals surface area contributed by atoms with E-state index in [1.807, 2.05) is 17.0 Å². The first-order chi connectivity index (χ1) is 9.93. The quantitative estimate of drug-likeness (QED) is 0.880. The Bertz CT molecular complexity index is 619. The van der Waals surface area contributed by atoms with Crippen molar-refractivity contribution in [1.82, 2.24) is 10.2 Å². The molecule has 0 bridgehead atoms. The van der Waals surface area contributed by atoms with Crippen molar-refractivity contribution in [3.05, 3.63) is 34.8 Å². The molecule has 1 aromatic carbocycles. The van der Waals surface area contributed by atoms with Gasteiger partial charge in [0.25, 0.3) is 0 Å². The van der Waals surface area contributed by atoms with Crippen LogP contribution in [0.25, 0.3) is 0 Å². The molecular weight excluding hydrogens is 301 g/mol. The minimum atomic E-state index is -4.44. The van der Waals surface area contributed by atoms with Crippen LogP contribution in [0.4, 0.5) is 24.0 Å². The Hall–Kier alpha value is -1.83. The third kappa shape index (κ3) is 3.26. The third-order valence-corrected chi connectivity index (χ3v) is 4.23. The highest BCUT2D eigenvalue weighted by molar-refractivity contribution is 7.15. The van der Waals surface area contributed by atoms with Crippen LogP contribution in [0.2, 0.25) is 0 Å². The van der Waals surface area contributed by atoms with Gasteiger partial charge in [-0.1, -0.05) is 23.5 Å². The smallest absolute Gasteiger partial charge is 0.399 e. The van der Waals surface area contributed by atoms with Gasteiger partial charge < -0.3 is 10.6 Å². The van der Waals surface area contributed by atoms with E-state index in [0.717, 1.165) is 18.4 Å². The van der Waals surface area contributed by atoms with E-state index in [2.05, 4.69) is 10.2 Å². The van der Waals surface area contributed by atoms with E-state index in [9.17, 15) is 13.2 Å². The first kappa shape index (κ1) is 14.1. The van der Waals surface area contributed by atoms with Crippen molar-refractivity contribution in [2.75, 3.05) is 10.6 Å². The lowest BCUT2D eigenvalue weighted by molar-refractivity contribution is -0.138. The fourth-order valence-corrected chi connectivity index (χ4v) is 2.79. The molecule has 1 fully saturated rings. The molecule has 2 N–H and O–H groups in total. The molecular formula is C13H13F3N4S. The molecule has 0 atom stereocenters. The molecule has 0 aliphatic heterocycles. The number of nitrogen functional groups attached to an aromatic ring is 1. The molecule has 0 saturated heterocycles. The van der Waals surface area contributed by atoms with E-state index < -0.39 is 11.2 Å². The Kier molecular flexibility index (Phi) is 3.48. The van der Waals surface area contributed by atoms with E-state index in [1.165, 1.54) is 0 Å². The first-order valence-electron chi connectivity index (χ1n) is 6.45. The number of nitrogens with zero attached hydrogens (tertiary/aromatic N) is 3. The first-order valence-corrected chi connectivity index (χ1v) is 7.27. The van der Waals surface area contributed by atoms with Gasteiger partial charge in [0.1, 0.15) is 0 Å². The van der Waals surface area contributed by atoms with Gasteiger partial charge >= 0.3 is 6.18 Å². The van der Waals surface area contributed by atoms with Crippen molar-refractivity contribution in [2.45, 2.75) is 31.6 Å². The molecule has 1 aliphatic rings. The van der Waals surface area contributed by atoms with Gasteiger partial charge in [-0.05, 0) is 30.5 Å². The number of anilines is 2. The van der Waals surface area contributed by atoms with Gasteiger partial charge in [-0.25, -0.2) is 0 Å². The second kappa shape index (κ2) is 5.18. The summed E-state index contributed by atoms with van der Waals surface area (Å²) in [6.07, 6.45) is -2.50. The molecule has 112 valence electrons. The fraction of sp³-hybridized carbons (Fsp3) is 0.385. The van der Waals surface area contributed by atoms with Crippen LogP contribution >= 0.6 is 11.3 Å². The SMILES string of the molecule is Nc1ccc(CN(c2nnc(C(F)(F)F)s2)C2CC2)cc1. The van der Waals surface area contributed by atoms with Crippen molar-refractivity contribution in [3.63, 3.8) is 0 Å². The summed E-state index contributed by atoms with van der Waals surface area (Å²) in [7, 11) is 0. The monoisotopic (exact) mass is 314 g/mol. The summed E-state index contributed by atoms with van der Waals surface area (Å²) in [4.78, 5) is 1.89. The molecule has 0 amide bonds.